The molecule has 2 nitrogen and oxygen atoms in total. The molecule has 0 radical (unpaired) electrons. The van der Waals surface area contributed by atoms with Crippen molar-refractivity contribution in [2.45, 2.75) is 26.2 Å². The Morgan fingerprint density at radius 2 is 1.76 bits per heavy atom. The van der Waals surface area contributed by atoms with Crippen LogP contribution in [0.5, 0.6) is 0 Å². The van der Waals surface area contributed by atoms with Crippen LogP contribution in [0.3, 0.4) is 0 Å². The van der Waals surface area contributed by atoms with Crippen molar-refractivity contribution in [3.05, 3.63) is 64.4 Å². The highest BCUT2D eigenvalue weighted by atomic mass is 35.5. The Morgan fingerprint density at radius 1 is 1.10 bits per heavy atom. The first kappa shape index (κ1) is 15.5. The quantitative estimate of drug-likeness (QED) is 0.828. The lowest BCUT2D eigenvalue weighted by Gasteiger charge is -2.23. The summed E-state index contributed by atoms with van der Waals surface area (Å²) in [5, 5.41) is 2.85. The molecule has 21 heavy (non-hydrogen) atoms. The van der Waals surface area contributed by atoms with Crippen LogP contribution in [0.1, 0.15) is 36.7 Å². The van der Waals surface area contributed by atoms with E-state index < -0.39 is 11.7 Å². The number of halogens is 2. The molecule has 2 rings (SSSR count). The Balaban J connectivity index is 2.38. The summed E-state index contributed by atoms with van der Waals surface area (Å²) in [7, 11) is 0. The third kappa shape index (κ3) is 3.42. The standard InChI is InChI=1S/C17H17ClFNO/c1-17(2,3)11-7-4-5-10-14(11)20-16(21)15-12(18)8-6-9-13(15)19/h4-10H,1-3H3,(H,20,21). The van der Waals surface area contributed by atoms with Gasteiger partial charge in [0.05, 0.1) is 10.6 Å². The van der Waals surface area contributed by atoms with Crippen LogP contribution in [0.25, 0.3) is 0 Å². The maximum Gasteiger partial charge on any atom is 0.260 e. The van der Waals surface area contributed by atoms with E-state index in [0.717, 1.165) is 5.56 Å². The van der Waals surface area contributed by atoms with E-state index in [-0.39, 0.29) is 16.0 Å². The van der Waals surface area contributed by atoms with E-state index >= 15 is 0 Å². The zero-order valence-corrected chi connectivity index (χ0v) is 13.0. The smallest absolute Gasteiger partial charge is 0.260 e. The molecule has 0 saturated heterocycles. The molecule has 1 N–H and O–H groups in total. The SMILES string of the molecule is CC(C)(C)c1ccccc1NC(=O)c1c(F)cccc1Cl. The molecule has 0 saturated carbocycles. The average Bonchev–Trinajstić information content (AvgIpc) is 2.37. The number of carbonyl (C=O) groups excluding carboxylic acids is 1. The molecule has 2 aromatic carbocycles. The van der Waals surface area contributed by atoms with Gasteiger partial charge in [-0.1, -0.05) is 56.6 Å². The molecule has 0 aromatic heterocycles. The Bertz CT molecular complexity index is 656. The topological polar surface area (TPSA) is 29.1 Å². The second-order valence-electron chi connectivity index (χ2n) is 5.85. The zero-order valence-electron chi connectivity index (χ0n) is 12.2. The average molecular weight is 306 g/mol. The van der Waals surface area contributed by atoms with E-state index in [0.29, 0.717) is 5.69 Å². The molecule has 0 spiro atoms. The summed E-state index contributed by atoms with van der Waals surface area (Å²) in [5.41, 5.74) is 1.37. The number of nitrogens with one attached hydrogen (secondary N) is 1. The van der Waals surface area contributed by atoms with Crippen LogP contribution < -0.4 is 5.32 Å². The van der Waals surface area contributed by atoms with Gasteiger partial charge in [-0.05, 0) is 29.2 Å². The van der Waals surface area contributed by atoms with Crippen LogP contribution in [-0.4, -0.2) is 5.91 Å². The van der Waals surface area contributed by atoms with Gasteiger partial charge in [0.1, 0.15) is 5.82 Å². The molecule has 110 valence electrons. The monoisotopic (exact) mass is 305 g/mol. The first-order valence-electron chi connectivity index (χ1n) is 6.65. The minimum atomic E-state index is -0.631. The maximum absolute atomic E-state index is 13.8. The van der Waals surface area contributed by atoms with E-state index in [4.69, 9.17) is 11.6 Å². The van der Waals surface area contributed by atoms with Gasteiger partial charge in [0.15, 0.2) is 0 Å². The molecule has 0 fully saturated rings. The lowest BCUT2D eigenvalue weighted by molar-refractivity contribution is 0.102. The van der Waals surface area contributed by atoms with Crippen LogP contribution >= 0.6 is 11.6 Å². The van der Waals surface area contributed by atoms with Crippen LogP contribution in [0.15, 0.2) is 42.5 Å². The molecule has 0 bridgehead atoms. The number of hydrogen-bond acceptors (Lipinski definition) is 1. The van der Waals surface area contributed by atoms with E-state index in [2.05, 4.69) is 5.32 Å². The number of anilines is 1. The summed E-state index contributed by atoms with van der Waals surface area (Å²) in [6.07, 6.45) is 0. The lowest BCUT2D eigenvalue weighted by atomic mass is 9.86. The van der Waals surface area contributed by atoms with Crippen molar-refractivity contribution in [1.29, 1.82) is 0 Å². The van der Waals surface area contributed by atoms with Crippen molar-refractivity contribution < 1.29 is 9.18 Å². The van der Waals surface area contributed by atoms with E-state index in [1.54, 1.807) is 6.07 Å². The molecular weight excluding hydrogens is 289 g/mol. The number of hydrogen-bond donors (Lipinski definition) is 1. The van der Waals surface area contributed by atoms with Crippen LogP contribution in [0.2, 0.25) is 5.02 Å². The van der Waals surface area contributed by atoms with Gasteiger partial charge >= 0.3 is 0 Å². The van der Waals surface area contributed by atoms with Gasteiger partial charge in [-0.2, -0.15) is 0 Å². The van der Waals surface area contributed by atoms with Crippen molar-refractivity contribution in [2.24, 2.45) is 0 Å². The minimum absolute atomic E-state index is 0.0979. The molecule has 0 aliphatic heterocycles. The van der Waals surface area contributed by atoms with Crippen molar-refractivity contribution in [3.8, 4) is 0 Å². The fourth-order valence-electron chi connectivity index (χ4n) is 2.15. The summed E-state index contributed by atoms with van der Waals surface area (Å²) in [6.45, 7) is 6.15. The molecule has 1 amide bonds. The number of benzene rings is 2. The molecule has 0 unspecified atom stereocenters. The Morgan fingerprint density at radius 3 is 2.38 bits per heavy atom. The summed E-state index contributed by atoms with van der Waals surface area (Å²) >= 11 is 5.92. The molecule has 0 aliphatic carbocycles. The lowest BCUT2D eigenvalue weighted by Crippen LogP contribution is -2.19. The normalized spacial score (nSPS) is 11.3. The third-order valence-corrected chi connectivity index (χ3v) is 3.49. The Labute approximate surface area is 128 Å². The highest BCUT2D eigenvalue weighted by molar-refractivity contribution is 6.34. The summed E-state index contributed by atoms with van der Waals surface area (Å²) < 4.78 is 13.8. The van der Waals surface area contributed by atoms with Crippen molar-refractivity contribution >= 4 is 23.2 Å². The molecule has 4 heteroatoms. The summed E-state index contributed by atoms with van der Waals surface area (Å²) in [5.74, 6) is -1.18. The summed E-state index contributed by atoms with van der Waals surface area (Å²) in [4.78, 5) is 12.3. The molecule has 0 heterocycles. The van der Waals surface area contributed by atoms with Crippen molar-refractivity contribution in [3.63, 3.8) is 0 Å². The van der Waals surface area contributed by atoms with E-state index in [1.165, 1.54) is 18.2 Å². The van der Waals surface area contributed by atoms with Crippen LogP contribution in [0.4, 0.5) is 10.1 Å². The Kier molecular flexibility index (Phi) is 4.33. The number of para-hydroxylation sites is 1. The van der Waals surface area contributed by atoms with Crippen LogP contribution in [0, 0.1) is 5.82 Å². The van der Waals surface area contributed by atoms with Gasteiger partial charge in [0.25, 0.3) is 5.91 Å². The first-order valence-corrected chi connectivity index (χ1v) is 7.03. The third-order valence-electron chi connectivity index (χ3n) is 3.17. The summed E-state index contributed by atoms with van der Waals surface area (Å²) in [6, 6.07) is 11.7. The molecule has 0 atom stereocenters. The highest BCUT2D eigenvalue weighted by Gasteiger charge is 2.21. The van der Waals surface area contributed by atoms with Gasteiger partial charge in [-0.15, -0.1) is 0 Å². The molecular formula is C17H17ClFNO. The number of rotatable bonds is 2. The van der Waals surface area contributed by atoms with Gasteiger partial charge in [-0.25, -0.2) is 4.39 Å². The predicted octanol–water partition coefficient (Wildman–Crippen LogP) is 5.03. The van der Waals surface area contributed by atoms with Gasteiger partial charge in [-0.3, -0.25) is 4.79 Å². The van der Waals surface area contributed by atoms with Gasteiger partial charge < -0.3 is 5.32 Å². The fourth-order valence-corrected chi connectivity index (χ4v) is 2.39. The second kappa shape index (κ2) is 5.86. The van der Waals surface area contributed by atoms with E-state index in [9.17, 15) is 9.18 Å². The van der Waals surface area contributed by atoms with Gasteiger partial charge in [0, 0.05) is 5.69 Å². The second-order valence-corrected chi connectivity index (χ2v) is 6.25. The predicted molar refractivity (Wildman–Crippen MR) is 84.5 cm³/mol. The van der Waals surface area contributed by atoms with Gasteiger partial charge in [0.2, 0.25) is 0 Å². The number of carbonyl (C=O) groups is 1. The molecule has 2 aromatic rings. The van der Waals surface area contributed by atoms with Crippen molar-refractivity contribution in [2.75, 3.05) is 5.32 Å². The first-order chi connectivity index (χ1) is 9.80. The number of amides is 1. The fraction of sp³-hybridized carbons (Fsp3) is 0.235. The maximum atomic E-state index is 13.8. The van der Waals surface area contributed by atoms with Crippen LogP contribution in [-0.2, 0) is 5.41 Å². The zero-order chi connectivity index (χ0) is 15.6. The Hall–Kier alpha value is -1.87. The van der Waals surface area contributed by atoms with E-state index in [1.807, 2.05) is 39.0 Å². The van der Waals surface area contributed by atoms with Crippen molar-refractivity contribution in [1.82, 2.24) is 0 Å². The largest absolute Gasteiger partial charge is 0.322 e. The molecule has 0 aliphatic rings. The highest BCUT2D eigenvalue weighted by Crippen LogP contribution is 2.30. The minimum Gasteiger partial charge on any atom is -0.322 e.